The van der Waals surface area contributed by atoms with Crippen LogP contribution in [-0.2, 0) is 4.79 Å². The largest absolute Gasteiger partial charge is 0.338 e. The van der Waals surface area contributed by atoms with E-state index >= 15 is 0 Å². The van der Waals surface area contributed by atoms with Gasteiger partial charge in [0.05, 0.1) is 0 Å². The Balaban J connectivity index is 2.53. The lowest BCUT2D eigenvalue weighted by Gasteiger charge is -2.48. The Morgan fingerprint density at radius 2 is 2.00 bits per heavy atom. The monoisotopic (exact) mass is 184 g/mol. The van der Waals surface area contributed by atoms with E-state index in [1.165, 1.54) is 0 Å². The van der Waals surface area contributed by atoms with Crippen LogP contribution in [0.2, 0.25) is 0 Å². The molecule has 3 nitrogen and oxygen atoms in total. The molecule has 1 rings (SSSR count). The highest BCUT2D eigenvalue weighted by molar-refractivity contribution is 5.83. The molecule has 0 aromatic rings. The molecule has 0 radical (unpaired) electrons. The molecule has 1 saturated heterocycles. The standard InChI is InChI=1S/C10H20N2O/c1-5-9(2,3)8(13)12-6-10(4,11)7-12/h5-7,11H2,1-4H3. The van der Waals surface area contributed by atoms with E-state index in [1.807, 2.05) is 32.6 Å². The third-order valence-corrected chi connectivity index (χ3v) is 2.85. The molecular weight excluding hydrogens is 164 g/mol. The van der Waals surface area contributed by atoms with E-state index in [9.17, 15) is 4.79 Å². The van der Waals surface area contributed by atoms with Gasteiger partial charge < -0.3 is 10.6 Å². The van der Waals surface area contributed by atoms with Crippen LogP contribution in [0.4, 0.5) is 0 Å². The minimum absolute atomic E-state index is 0.153. The third kappa shape index (κ3) is 2.02. The number of likely N-dealkylation sites (tertiary alicyclic amines) is 1. The van der Waals surface area contributed by atoms with Crippen LogP contribution in [0.15, 0.2) is 0 Å². The average Bonchev–Trinajstić information content (AvgIpc) is 1.98. The Labute approximate surface area is 80.3 Å². The number of hydrogen-bond donors (Lipinski definition) is 1. The minimum atomic E-state index is -0.226. The smallest absolute Gasteiger partial charge is 0.228 e. The minimum Gasteiger partial charge on any atom is -0.338 e. The van der Waals surface area contributed by atoms with Gasteiger partial charge in [-0.25, -0.2) is 0 Å². The predicted molar refractivity (Wildman–Crippen MR) is 53.2 cm³/mol. The summed E-state index contributed by atoms with van der Waals surface area (Å²) in [5.41, 5.74) is 5.46. The summed E-state index contributed by atoms with van der Waals surface area (Å²) in [6.07, 6.45) is 0.879. The molecule has 0 aromatic heterocycles. The normalized spacial score (nSPS) is 21.2. The van der Waals surface area contributed by atoms with Gasteiger partial charge in [-0.05, 0) is 13.3 Å². The van der Waals surface area contributed by atoms with Crippen LogP contribution in [0, 0.1) is 5.41 Å². The van der Waals surface area contributed by atoms with Gasteiger partial charge >= 0.3 is 0 Å². The summed E-state index contributed by atoms with van der Waals surface area (Å²) >= 11 is 0. The number of amides is 1. The summed E-state index contributed by atoms with van der Waals surface area (Å²) in [7, 11) is 0. The van der Waals surface area contributed by atoms with Crippen molar-refractivity contribution in [3.05, 3.63) is 0 Å². The van der Waals surface area contributed by atoms with Crippen LogP contribution < -0.4 is 5.73 Å². The first-order chi connectivity index (χ1) is 5.78. The number of carbonyl (C=O) groups is 1. The molecule has 0 spiro atoms. The van der Waals surface area contributed by atoms with E-state index in [1.54, 1.807) is 0 Å². The van der Waals surface area contributed by atoms with Gasteiger partial charge in [-0.3, -0.25) is 4.79 Å². The van der Waals surface area contributed by atoms with E-state index in [-0.39, 0.29) is 16.9 Å². The van der Waals surface area contributed by atoms with E-state index in [2.05, 4.69) is 0 Å². The third-order valence-electron chi connectivity index (χ3n) is 2.85. The maximum absolute atomic E-state index is 11.8. The van der Waals surface area contributed by atoms with Gasteiger partial charge in [0.15, 0.2) is 0 Å². The fourth-order valence-corrected chi connectivity index (χ4v) is 1.55. The van der Waals surface area contributed by atoms with Gasteiger partial charge in [0, 0.05) is 24.0 Å². The van der Waals surface area contributed by atoms with E-state index < -0.39 is 0 Å². The molecule has 13 heavy (non-hydrogen) atoms. The first-order valence-electron chi connectivity index (χ1n) is 4.87. The molecule has 0 aromatic carbocycles. The van der Waals surface area contributed by atoms with Gasteiger partial charge in [0.25, 0.3) is 0 Å². The van der Waals surface area contributed by atoms with E-state index in [4.69, 9.17) is 5.73 Å². The van der Waals surface area contributed by atoms with Crippen LogP contribution in [0.1, 0.15) is 34.1 Å². The van der Waals surface area contributed by atoms with E-state index in [0.29, 0.717) is 13.1 Å². The Kier molecular flexibility index (Phi) is 2.41. The molecular formula is C10H20N2O. The summed E-state index contributed by atoms with van der Waals surface area (Å²) < 4.78 is 0. The molecule has 76 valence electrons. The van der Waals surface area contributed by atoms with Crippen LogP contribution in [0.5, 0.6) is 0 Å². The average molecular weight is 184 g/mol. The Hall–Kier alpha value is -0.570. The highest BCUT2D eigenvalue weighted by Crippen LogP contribution is 2.28. The second-order valence-electron chi connectivity index (χ2n) is 5.05. The Bertz CT molecular complexity index is 213. The fraction of sp³-hybridized carbons (Fsp3) is 0.900. The van der Waals surface area contributed by atoms with Crippen molar-refractivity contribution in [1.29, 1.82) is 0 Å². The van der Waals surface area contributed by atoms with Crippen molar-refractivity contribution in [2.24, 2.45) is 11.1 Å². The summed E-state index contributed by atoms with van der Waals surface area (Å²) in [5.74, 6) is 0.234. The van der Waals surface area contributed by atoms with Crippen LogP contribution in [0.25, 0.3) is 0 Å². The molecule has 1 heterocycles. The topological polar surface area (TPSA) is 46.3 Å². The highest BCUT2D eigenvalue weighted by Gasteiger charge is 2.42. The van der Waals surface area contributed by atoms with Crippen molar-refractivity contribution in [3.8, 4) is 0 Å². The maximum Gasteiger partial charge on any atom is 0.228 e. The zero-order chi connectivity index (χ0) is 10.3. The summed E-state index contributed by atoms with van der Waals surface area (Å²) in [5, 5.41) is 0. The van der Waals surface area contributed by atoms with Crippen LogP contribution >= 0.6 is 0 Å². The first-order valence-corrected chi connectivity index (χ1v) is 4.87. The zero-order valence-corrected chi connectivity index (χ0v) is 9.05. The van der Waals surface area contributed by atoms with Gasteiger partial charge in [-0.2, -0.15) is 0 Å². The van der Waals surface area contributed by atoms with Crippen molar-refractivity contribution in [2.75, 3.05) is 13.1 Å². The molecule has 0 bridgehead atoms. The maximum atomic E-state index is 11.8. The highest BCUT2D eigenvalue weighted by atomic mass is 16.2. The van der Waals surface area contributed by atoms with Crippen molar-refractivity contribution in [1.82, 2.24) is 4.90 Å². The molecule has 2 N–H and O–H groups in total. The molecule has 1 aliphatic rings. The molecule has 0 saturated carbocycles. The number of nitrogens with zero attached hydrogens (tertiary/aromatic N) is 1. The first kappa shape index (κ1) is 10.5. The van der Waals surface area contributed by atoms with Gasteiger partial charge in [0.1, 0.15) is 0 Å². The van der Waals surface area contributed by atoms with Crippen LogP contribution in [-0.4, -0.2) is 29.4 Å². The van der Waals surface area contributed by atoms with Gasteiger partial charge in [-0.1, -0.05) is 20.8 Å². The predicted octanol–water partition coefficient (Wildman–Crippen LogP) is 0.982. The van der Waals surface area contributed by atoms with Gasteiger partial charge in [0.2, 0.25) is 5.91 Å². The molecule has 1 amide bonds. The molecule has 3 heteroatoms. The van der Waals surface area contributed by atoms with Gasteiger partial charge in [-0.15, -0.1) is 0 Å². The molecule has 1 aliphatic heterocycles. The second kappa shape index (κ2) is 2.98. The Morgan fingerprint density at radius 1 is 1.54 bits per heavy atom. The van der Waals surface area contributed by atoms with E-state index in [0.717, 1.165) is 6.42 Å². The van der Waals surface area contributed by atoms with Crippen molar-refractivity contribution in [2.45, 2.75) is 39.7 Å². The van der Waals surface area contributed by atoms with Crippen molar-refractivity contribution < 1.29 is 4.79 Å². The lowest BCUT2D eigenvalue weighted by Crippen LogP contribution is -2.68. The molecule has 0 aliphatic carbocycles. The number of rotatable bonds is 2. The molecule has 1 fully saturated rings. The summed E-state index contributed by atoms with van der Waals surface area (Å²) in [6, 6.07) is 0. The Morgan fingerprint density at radius 3 is 2.31 bits per heavy atom. The quantitative estimate of drug-likeness (QED) is 0.695. The number of hydrogen-bond acceptors (Lipinski definition) is 2. The molecule has 0 atom stereocenters. The summed E-state index contributed by atoms with van der Waals surface area (Å²) in [6.45, 7) is 9.41. The van der Waals surface area contributed by atoms with Crippen LogP contribution in [0.3, 0.4) is 0 Å². The van der Waals surface area contributed by atoms with Crippen molar-refractivity contribution in [3.63, 3.8) is 0 Å². The van der Waals surface area contributed by atoms with Crippen molar-refractivity contribution >= 4 is 5.91 Å². The SMILES string of the molecule is CCC(C)(C)C(=O)N1CC(C)(N)C1. The number of carbonyl (C=O) groups excluding carboxylic acids is 1. The molecule has 0 unspecified atom stereocenters. The zero-order valence-electron chi connectivity index (χ0n) is 9.05. The summed E-state index contributed by atoms with van der Waals surface area (Å²) in [4.78, 5) is 13.7. The fourth-order valence-electron chi connectivity index (χ4n) is 1.55. The second-order valence-corrected chi connectivity index (χ2v) is 5.05. The lowest BCUT2D eigenvalue weighted by molar-refractivity contribution is -0.147. The lowest BCUT2D eigenvalue weighted by atomic mass is 9.84. The number of nitrogens with two attached hydrogens (primary N) is 1.